The average Bonchev–Trinajstić information content (AvgIpc) is 2.27. The molecule has 0 aliphatic heterocycles. The van der Waals surface area contributed by atoms with Crippen LogP contribution in [0.5, 0.6) is 5.75 Å². The van der Waals surface area contributed by atoms with E-state index in [4.69, 9.17) is 14.2 Å². The number of benzene rings is 1. The first-order valence-corrected chi connectivity index (χ1v) is 6.04. The smallest absolute Gasteiger partial charge is 0.425 e. The zero-order chi connectivity index (χ0) is 14.4. The van der Waals surface area contributed by atoms with Crippen molar-refractivity contribution in [2.45, 2.75) is 34.0 Å². The Kier molecular flexibility index (Phi) is 5.36. The second-order valence-electron chi connectivity index (χ2n) is 4.45. The van der Waals surface area contributed by atoms with Gasteiger partial charge in [0.15, 0.2) is 0 Å². The molecule has 104 valence electrons. The molecule has 1 aromatic carbocycles. The van der Waals surface area contributed by atoms with Crippen molar-refractivity contribution in [3.05, 3.63) is 29.8 Å². The minimum atomic E-state index is -0.979. The Morgan fingerprint density at radius 2 is 1.79 bits per heavy atom. The first-order chi connectivity index (χ1) is 8.88. The van der Waals surface area contributed by atoms with E-state index in [0.717, 1.165) is 5.56 Å². The van der Waals surface area contributed by atoms with Gasteiger partial charge in [-0.1, -0.05) is 26.0 Å². The molecule has 0 fully saturated rings. The van der Waals surface area contributed by atoms with Gasteiger partial charge in [0.05, 0.1) is 5.92 Å². The van der Waals surface area contributed by atoms with Crippen LogP contribution in [0.1, 0.15) is 26.3 Å². The molecule has 1 rings (SSSR count). The minimum absolute atomic E-state index is 0.279. The molecule has 0 saturated carbocycles. The van der Waals surface area contributed by atoms with Gasteiger partial charge in [0.2, 0.25) is 6.29 Å². The molecule has 0 aliphatic carbocycles. The van der Waals surface area contributed by atoms with Crippen molar-refractivity contribution in [3.63, 3.8) is 0 Å². The van der Waals surface area contributed by atoms with Crippen LogP contribution in [-0.4, -0.2) is 18.4 Å². The number of rotatable bonds is 4. The van der Waals surface area contributed by atoms with Gasteiger partial charge in [-0.3, -0.25) is 4.79 Å². The first kappa shape index (κ1) is 15.0. The number of carbonyl (C=O) groups excluding carboxylic acids is 2. The highest BCUT2D eigenvalue weighted by Crippen LogP contribution is 2.13. The lowest BCUT2D eigenvalue weighted by atomic mass is 10.2. The van der Waals surface area contributed by atoms with E-state index in [0.29, 0.717) is 5.75 Å². The molecular formula is C14H18O5. The number of ether oxygens (including phenoxy) is 3. The van der Waals surface area contributed by atoms with E-state index in [9.17, 15) is 9.59 Å². The van der Waals surface area contributed by atoms with Crippen LogP contribution in [0.25, 0.3) is 0 Å². The lowest BCUT2D eigenvalue weighted by molar-refractivity contribution is -0.170. The summed E-state index contributed by atoms with van der Waals surface area (Å²) in [6.07, 6.45) is -1.89. The van der Waals surface area contributed by atoms with Crippen molar-refractivity contribution in [1.29, 1.82) is 0 Å². The van der Waals surface area contributed by atoms with Crippen LogP contribution >= 0.6 is 0 Å². The lowest BCUT2D eigenvalue weighted by Crippen LogP contribution is -2.25. The summed E-state index contributed by atoms with van der Waals surface area (Å²) in [7, 11) is 0. The second-order valence-corrected chi connectivity index (χ2v) is 4.45. The van der Waals surface area contributed by atoms with E-state index in [1.165, 1.54) is 6.92 Å². The van der Waals surface area contributed by atoms with E-state index in [1.807, 2.05) is 13.0 Å². The highest BCUT2D eigenvalue weighted by molar-refractivity contribution is 5.72. The molecule has 0 radical (unpaired) electrons. The molecule has 0 aliphatic rings. The molecule has 0 spiro atoms. The van der Waals surface area contributed by atoms with Crippen LogP contribution in [0.15, 0.2) is 24.3 Å². The standard InChI is InChI=1S/C14H18O5/c1-9(2)13(15)17-11(4)18-14(16)19-12-7-5-6-10(3)8-12/h5-9,11H,1-4H3. The summed E-state index contributed by atoms with van der Waals surface area (Å²) >= 11 is 0. The molecule has 0 saturated heterocycles. The van der Waals surface area contributed by atoms with Crippen molar-refractivity contribution < 1.29 is 23.8 Å². The van der Waals surface area contributed by atoms with E-state index in [-0.39, 0.29) is 5.92 Å². The topological polar surface area (TPSA) is 61.8 Å². The third-order valence-corrected chi connectivity index (χ3v) is 2.21. The van der Waals surface area contributed by atoms with Crippen LogP contribution in [0.4, 0.5) is 4.79 Å². The molecule has 19 heavy (non-hydrogen) atoms. The summed E-state index contributed by atoms with van der Waals surface area (Å²) in [5.74, 6) is -0.331. The highest BCUT2D eigenvalue weighted by Gasteiger charge is 2.17. The molecule has 5 heteroatoms. The van der Waals surface area contributed by atoms with E-state index < -0.39 is 18.4 Å². The van der Waals surface area contributed by atoms with Crippen molar-refractivity contribution >= 4 is 12.1 Å². The summed E-state index contributed by atoms with van der Waals surface area (Å²) < 4.78 is 14.6. The van der Waals surface area contributed by atoms with Crippen molar-refractivity contribution in [2.24, 2.45) is 5.92 Å². The molecule has 1 unspecified atom stereocenters. The maximum absolute atomic E-state index is 11.4. The Hall–Kier alpha value is -2.04. The number of carbonyl (C=O) groups is 2. The predicted molar refractivity (Wildman–Crippen MR) is 68.7 cm³/mol. The normalized spacial score (nSPS) is 11.8. The predicted octanol–water partition coefficient (Wildman–Crippen LogP) is 3.06. The fourth-order valence-corrected chi connectivity index (χ4v) is 1.26. The monoisotopic (exact) mass is 266 g/mol. The highest BCUT2D eigenvalue weighted by atomic mass is 16.8. The van der Waals surface area contributed by atoms with Gasteiger partial charge in [0.1, 0.15) is 5.75 Å². The number of hydrogen-bond donors (Lipinski definition) is 0. The summed E-state index contributed by atoms with van der Waals surface area (Å²) in [5, 5.41) is 0. The Labute approximate surface area is 112 Å². The molecule has 1 atom stereocenters. The molecule has 5 nitrogen and oxygen atoms in total. The van der Waals surface area contributed by atoms with Gasteiger partial charge in [-0.25, -0.2) is 4.79 Å². The number of hydrogen-bond acceptors (Lipinski definition) is 5. The summed E-state index contributed by atoms with van der Waals surface area (Å²) in [6.45, 7) is 6.73. The van der Waals surface area contributed by atoms with E-state index in [2.05, 4.69) is 0 Å². The van der Waals surface area contributed by atoms with Crippen LogP contribution < -0.4 is 4.74 Å². The SMILES string of the molecule is Cc1cccc(OC(=O)OC(C)OC(=O)C(C)C)c1. The number of aryl methyl sites for hydroxylation is 1. The molecule has 0 N–H and O–H groups in total. The van der Waals surface area contributed by atoms with E-state index in [1.54, 1.807) is 32.0 Å². The van der Waals surface area contributed by atoms with E-state index >= 15 is 0 Å². The van der Waals surface area contributed by atoms with Gasteiger partial charge < -0.3 is 14.2 Å². The van der Waals surface area contributed by atoms with Gasteiger partial charge in [0, 0.05) is 6.92 Å². The summed E-state index contributed by atoms with van der Waals surface area (Å²) in [4.78, 5) is 22.7. The van der Waals surface area contributed by atoms with Crippen LogP contribution in [0, 0.1) is 12.8 Å². The van der Waals surface area contributed by atoms with Crippen molar-refractivity contribution in [1.82, 2.24) is 0 Å². The van der Waals surface area contributed by atoms with Gasteiger partial charge in [-0.15, -0.1) is 0 Å². The van der Waals surface area contributed by atoms with Crippen molar-refractivity contribution in [2.75, 3.05) is 0 Å². The van der Waals surface area contributed by atoms with Gasteiger partial charge in [0.25, 0.3) is 0 Å². The maximum atomic E-state index is 11.4. The lowest BCUT2D eigenvalue weighted by Gasteiger charge is -2.15. The largest absolute Gasteiger partial charge is 0.516 e. The first-order valence-electron chi connectivity index (χ1n) is 6.04. The molecule has 0 aromatic heterocycles. The van der Waals surface area contributed by atoms with Gasteiger partial charge in [-0.2, -0.15) is 0 Å². The molecular weight excluding hydrogens is 248 g/mol. The van der Waals surface area contributed by atoms with Crippen LogP contribution in [0.2, 0.25) is 0 Å². The Bertz CT molecular complexity index is 453. The van der Waals surface area contributed by atoms with Crippen molar-refractivity contribution in [3.8, 4) is 5.75 Å². The van der Waals surface area contributed by atoms with Gasteiger partial charge in [-0.05, 0) is 24.6 Å². The molecule has 0 bridgehead atoms. The Balaban J connectivity index is 2.45. The quantitative estimate of drug-likeness (QED) is 0.476. The second kappa shape index (κ2) is 6.78. The Morgan fingerprint density at radius 3 is 2.37 bits per heavy atom. The zero-order valence-corrected chi connectivity index (χ0v) is 11.5. The summed E-state index contributed by atoms with van der Waals surface area (Å²) in [6, 6.07) is 6.98. The fraction of sp³-hybridized carbons (Fsp3) is 0.429. The molecule has 0 amide bonds. The maximum Gasteiger partial charge on any atom is 0.516 e. The fourth-order valence-electron chi connectivity index (χ4n) is 1.26. The zero-order valence-electron chi connectivity index (χ0n) is 11.5. The molecule has 0 heterocycles. The Morgan fingerprint density at radius 1 is 1.11 bits per heavy atom. The average molecular weight is 266 g/mol. The summed E-state index contributed by atoms with van der Waals surface area (Å²) in [5.41, 5.74) is 0.963. The van der Waals surface area contributed by atoms with Crippen LogP contribution in [-0.2, 0) is 14.3 Å². The van der Waals surface area contributed by atoms with Crippen LogP contribution in [0.3, 0.4) is 0 Å². The third-order valence-electron chi connectivity index (χ3n) is 2.21. The number of esters is 1. The molecule has 1 aromatic rings. The van der Waals surface area contributed by atoms with Gasteiger partial charge >= 0.3 is 12.1 Å². The minimum Gasteiger partial charge on any atom is -0.425 e. The third kappa shape index (κ3) is 5.42.